The van der Waals surface area contributed by atoms with Gasteiger partial charge in [-0.3, -0.25) is 14.2 Å². The molecule has 114 valence electrons. The fourth-order valence-corrected chi connectivity index (χ4v) is 1.83. The van der Waals surface area contributed by atoms with Gasteiger partial charge in [0.05, 0.1) is 5.56 Å². The van der Waals surface area contributed by atoms with Gasteiger partial charge in [0.1, 0.15) is 5.82 Å². The average molecular weight is 303 g/mol. The van der Waals surface area contributed by atoms with E-state index >= 15 is 0 Å². The van der Waals surface area contributed by atoms with E-state index < -0.39 is 23.0 Å². The van der Waals surface area contributed by atoms with E-state index in [0.29, 0.717) is 5.69 Å². The first kappa shape index (κ1) is 15.4. The van der Waals surface area contributed by atoms with Crippen LogP contribution in [0.5, 0.6) is 0 Å². The van der Waals surface area contributed by atoms with Gasteiger partial charge in [-0.25, -0.2) is 9.18 Å². The van der Waals surface area contributed by atoms with Crippen LogP contribution in [0.1, 0.15) is 5.56 Å². The highest BCUT2D eigenvalue weighted by Crippen LogP contribution is 2.08. The van der Waals surface area contributed by atoms with Crippen molar-refractivity contribution in [3.05, 3.63) is 68.8 Å². The Morgan fingerprint density at radius 3 is 2.45 bits per heavy atom. The van der Waals surface area contributed by atoms with Crippen molar-refractivity contribution in [2.45, 2.75) is 0 Å². The third-order valence-corrected chi connectivity index (χ3v) is 3.00. The summed E-state index contributed by atoms with van der Waals surface area (Å²) in [6, 6.07) is 5.29. The van der Waals surface area contributed by atoms with Crippen molar-refractivity contribution in [3.8, 4) is 0 Å². The minimum Gasteiger partial charge on any atom is -0.323 e. The molecule has 0 fully saturated rings. The van der Waals surface area contributed by atoms with Crippen LogP contribution in [-0.4, -0.2) is 15.0 Å². The van der Waals surface area contributed by atoms with Crippen LogP contribution in [0.3, 0.4) is 0 Å². The molecule has 1 aromatic heterocycles. The molecule has 0 spiro atoms. The number of carbonyl (C=O) groups is 1. The number of nitrogens with one attached hydrogen (secondary N) is 1. The smallest absolute Gasteiger partial charge is 0.323 e. The van der Waals surface area contributed by atoms with Crippen LogP contribution in [0.25, 0.3) is 6.08 Å². The van der Waals surface area contributed by atoms with E-state index in [-0.39, 0.29) is 5.56 Å². The second-order valence-corrected chi connectivity index (χ2v) is 4.67. The topological polar surface area (TPSA) is 73.1 Å². The second kappa shape index (κ2) is 6.21. The Hall–Kier alpha value is -2.96. The van der Waals surface area contributed by atoms with Crippen LogP contribution in [0.15, 0.2) is 46.1 Å². The fourth-order valence-electron chi connectivity index (χ4n) is 1.83. The van der Waals surface area contributed by atoms with Crippen molar-refractivity contribution < 1.29 is 9.18 Å². The molecule has 0 saturated carbocycles. The molecule has 7 heteroatoms. The summed E-state index contributed by atoms with van der Waals surface area (Å²) >= 11 is 0. The number of halogens is 1. The van der Waals surface area contributed by atoms with E-state index in [1.807, 2.05) is 0 Å². The summed E-state index contributed by atoms with van der Waals surface area (Å²) in [4.78, 5) is 35.2. The van der Waals surface area contributed by atoms with Gasteiger partial charge in [0, 0.05) is 32.1 Å². The predicted molar refractivity (Wildman–Crippen MR) is 81.0 cm³/mol. The number of hydrogen-bond donors (Lipinski definition) is 1. The first-order chi connectivity index (χ1) is 10.4. The summed E-state index contributed by atoms with van der Waals surface area (Å²) in [5.41, 5.74) is -0.296. The maximum Gasteiger partial charge on any atom is 0.330 e. The molecule has 0 bridgehead atoms. The summed E-state index contributed by atoms with van der Waals surface area (Å²) < 4.78 is 15.0. The molecular formula is C15H14FN3O3. The van der Waals surface area contributed by atoms with Crippen LogP contribution < -0.4 is 16.6 Å². The Bertz CT molecular complexity index is 848. The van der Waals surface area contributed by atoms with Crippen molar-refractivity contribution in [1.29, 1.82) is 0 Å². The zero-order chi connectivity index (χ0) is 16.3. The summed E-state index contributed by atoms with van der Waals surface area (Å²) in [5.74, 6) is -0.871. The molecule has 2 aromatic rings. The average Bonchev–Trinajstić information content (AvgIpc) is 2.50. The highest BCUT2D eigenvalue weighted by molar-refractivity contribution is 6.01. The maximum atomic E-state index is 12.8. The van der Waals surface area contributed by atoms with Crippen molar-refractivity contribution >= 4 is 17.7 Å². The lowest BCUT2D eigenvalue weighted by Crippen LogP contribution is -2.37. The van der Waals surface area contributed by atoms with Gasteiger partial charge in [0.25, 0.3) is 5.56 Å². The lowest BCUT2D eigenvalue weighted by Gasteiger charge is -2.03. The fraction of sp³-hybridized carbons (Fsp3) is 0.133. The Morgan fingerprint density at radius 2 is 1.82 bits per heavy atom. The van der Waals surface area contributed by atoms with Gasteiger partial charge in [-0.1, -0.05) is 0 Å². The highest BCUT2D eigenvalue weighted by atomic mass is 19.1. The largest absolute Gasteiger partial charge is 0.330 e. The van der Waals surface area contributed by atoms with Crippen molar-refractivity contribution in [1.82, 2.24) is 9.13 Å². The molecule has 2 rings (SSSR count). The zero-order valence-electron chi connectivity index (χ0n) is 12.0. The molecule has 0 saturated heterocycles. The van der Waals surface area contributed by atoms with Crippen LogP contribution >= 0.6 is 0 Å². The SMILES string of the molecule is Cn1cc(C=CC(=O)Nc2ccc(F)cc2)c(=O)n(C)c1=O. The van der Waals surface area contributed by atoms with Gasteiger partial charge in [-0.05, 0) is 30.3 Å². The minimum atomic E-state index is -0.492. The number of anilines is 1. The Labute approximate surface area is 125 Å². The van der Waals surface area contributed by atoms with Gasteiger partial charge < -0.3 is 9.88 Å². The number of aryl methyl sites for hydroxylation is 1. The van der Waals surface area contributed by atoms with E-state index in [1.165, 1.54) is 61.3 Å². The van der Waals surface area contributed by atoms with E-state index in [2.05, 4.69) is 5.32 Å². The molecule has 1 amide bonds. The van der Waals surface area contributed by atoms with Gasteiger partial charge in [-0.15, -0.1) is 0 Å². The molecule has 0 radical (unpaired) electrons. The van der Waals surface area contributed by atoms with E-state index in [4.69, 9.17) is 0 Å². The minimum absolute atomic E-state index is 0.207. The lowest BCUT2D eigenvalue weighted by molar-refractivity contribution is -0.111. The van der Waals surface area contributed by atoms with Crippen molar-refractivity contribution in [3.63, 3.8) is 0 Å². The molecule has 0 aliphatic rings. The highest BCUT2D eigenvalue weighted by Gasteiger charge is 2.05. The molecular weight excluding hydrogens is 289 g/mol. The molecule has 1 heterocycles. The molecule has 1 aromatic carbocycles. The Kier molecular flexibility index (Phi) is 4.36. The predicted octanol–water partition coefficient (Wildman–Crippen LogP) is 0.875. The number of benzene rings is 1. The number of nitrogens with zero attached hydrogens (tertiary/aromatic N) is 2. The van der Waals surface area contributed by atoms with Crippen LogP contribution in [0.4, 0.5) is 10.1 Å². The first-order valence-corrected chi connectivity index (χ1v) is 6.40. The number of carbonyl (C=O) groups excluding carboxylic acids is 1. The second-order valence-electron chi connectivity index (χ2n) is 4.67. The molecule has 0 unspecified atom stereocenters. The lowest BCUT2D eigenvalue weighted by atomic mass is 10.2. The van der Waals surface area contributed by atoms with Crippen LogP contribution in [0.2, 0.25) is 0 Å². The number of amides is 1. The Morgan fingerprint density at radius 1 is 1.18 bits per heavy atom. The maximum absolute atomic E-state index is 12.8. The standard InChI is InChI=1S/C15H14FN3O3/c1-18-9-10(14(21)19(2)15(18)22)3-8-13(20)17-12-6-4-11(16)5-7-12/h3-9H,1-2H3,(H,17,20). The molecule has 1 N–H and O–H groups in total. The summed E-state index contributed by atoms with van der Waals surface area (Å²) in [7, 11) is 2.87. The van der Waals surface area contributed by atoms with Gasteiger partial charge >= 0.3 is 5.69 Å². The van der Waals surface area contributed by atoms with E-state index in [9.17, 15) is 18.8 Å². The Balaban J connectivity index is 2.18. The van der Waals surface area contributed by atoms with Crippen molar-refractivity contribution in [2.24, 2.45) is 14.1 Å². The molecule has 22 heavy (non-hydrogen) atoms. The third-order valence-electron chi connectivity index (χ3n) is 3.00. The zero-order valence-corrected chi connectivity index (χ0v) is 12.0. The molecule has 6 nitrogen and oxygen atoms in total. The van der Waals surface area contributed by atoms with Gasteiger partial charge in [0.15, 0.2) is 0 Å². The van der Waals surface area contributed by atoms with E-state index in [1.54, 1.807) is 0 Å². The third kappa shape index (κ3) is 3.38. The first-order valence-electron chi connectivity index (χ1n) is 6.40. The summed E-state index contributed by atoms with van der Waals surface area (Å²) in [6.07, 6.45) is 3.84. The van der Waals surface area contributed by atoms with Crippen LogP contribution in [-0.2, 0) is 18.9 Å². The number of aromatic nitrogens is 2. The quantitative estimate of drug-likeness (QED) is 0.855. The number of hydrogen-bond acceptors (Lipinski definition) is 3. The molecule has 0 atom stereocenters. The monoisotopic (exact) mass is 303 g/mol. The molecule has 0 aliphatic carbocycles. The van der Waals surface area contributed by atoms with E-state index in [0.717, 1.165) is 4.57 Å². The molecule has 0 aliphatic heterocycles. The van der Waals surface area contributed by atoms with Gasteiger partial charge in [0.2, 0.25) is 5.91 Å². The number of rotatable bonds is 3. The summed E-state index contributed by atoms with van der Waals surface area (Å²) in [5, 5.41) is 2.53. The van der Waals surface area contributed by atoms with Gasteiger partial charge in [-0.2, -0.15) is 0 Å². The van der Waals surface area contributed by atoms with Crippen LogP contribution in [0, 0.1) is 5.82 Å². The van der Waals surface area contributed by atoms with Crippen molar-refractivity contribution in [2.75, 3.05) is 5.32 Å². The normalized spacial score (nSPS) is 10.9. The summed E-state index contributed by atoms with van der Waals surface area (Å²) in [6.45, 7) is 0.